The Bertz CT molecular complexity index is 693. The van der Waals surface area contributed by atoms with Crippen molar-refractivity contribution in [2.24, 2.45) is 5.92 Å². The Morgan fingerprint density at radius 1 is 1.07 bits per heavy atom. The molecular formula is C19H22BrF3N2O2. The number of likely N-dealkylation sites (tertiary alicyclic amines) is 1. The first-order chi connectivity index (χ1) is 12.8. The second-order valence-electron chi connectivity index (χ2n) is 7.27. The maximum atomic E-state index is 13.0. The summed E-state index contributed by atoms with van der Waals surface area (Å²) in [5.74, 6) is -1.93. The molecule has 1 saturated heterocycles. The van der Waals surface area contributed by atoms with Gasteiger partial charge in [-0.1, -0.05) is 22.4 Å². The summed E-state index contributed by atoms with van der Waals surface area (Å²) in [7, 11) is 0. The van der Waals surface area contributed by atoms with Gasteiger partial charge in [0.1, 0.15) is 6.04 Å². The van der Waals surface area contributed by atoms with Crippen molar-refractivity contribution < 1.29 is 22.8 Å². The van der Waals surface area contributed by atoms with Crippen LogP contribution in [0.25, 0.3) is 0 Å². The van der Waals surface area contributed by atoms with E-state index in [-0.39, 0.29) is 24.7 Å². The first kappa shape index (κ1) is 20.2. The topological polar surface area (TPSA) is 49.4 Å². The highest BCUT2D eigenvalue weighted by atomic mass is 79.9. The van der Waals surface area contributed by atoms with Crippen LogP contribution >= 0.6 is 15.9 Å². The summed E-state index contributed by atoms with van der Waals surface area (Å²) < 4.78 is 39.8. The minimum absolute atomic E-state index is 0.0807. The van der Waals surface area contributed by atoms with Crippen LogP contribution in [-0.4, -0.2) is 41.5 Å². The van der Waals surface area contributed by atoms with Gasteiger partial charge in [0, 0.05) is 22.6 Å². The lowest BCUT2D eigenvalue weighted by atomic mass is 9.85. The molecule has 3 atom stereocenters. The molecule has 3 unspecified atom stereocenters. The van der Waals surface area contributed by atoms with E-state index >= 15 is 0 Å². The van der Waals surface area contributed by atoms with Crippen LogP contribution in [0.4, 0.5) is 13.2 Å². The van der Waals surface area contributed by atoms with Gasteiger partial charge in [0.05, 0.1) is 5.92 Å². The Morgan fingerprint density at radius 3 is 2.44 bits per heavy atom. The number of hydrogen-bond acceptors (Lipinski definition) is 2. The summed E-state index contributed by atoms with van der Waals surface area (Å²) >= 11 is 3.32. The van der Waals surface area contributed by atoms with E-state index in [4.69, 9.17) is 0 Å². The van der Waals surface area contributed by atoms with Crippen molar-refractivity contribution in [3.63, 3.8) is 0 Å². The molecule has 1 aromatic carbocycles. The molecule has 2 fully saturated rings. The van der Waals surface area contributed by atoms with Crippen LogP contribution in [0.3, 0.4) is 0 Å². The van der Waals surface area contributed by atoms with Gasteiger partial charge in [-0.15, -0.1) is 0 Å². The second-order valence-corrected chi connectivity index (χ2v) is 8.19. The summed E-state index contributed by atoms with van der Waals surface area (Å²) in [5, 5.41) is 2.77. The number of benzene rings is 1. The fourth-order valence-electron chi connectivity index (χ4n) is 3.96. The van der Waals surface area contributed by atoms with Gasteiger partial charge in [-0.05, 0) is 56.4 Å². The van der Waals surface area contributed by atoms with Gasteiger partial charge in [0.15, 0.2) is 0 Å². The number of carbonyl (C=O) groups is 2. The first-order valence-corrected chi connectivity index (χ1v) is 9.98. The summed E-state index contributed by atoms with van der Waals surface area (Å²) in [5.41, 5.74) is 0.493. The average molecular weight is 447 g/mol. The van der Waals surface area contributed by atoms with Crippen LogP contribution in [0, 0.1) is 5.92 Å². The molecule has 1 aliphatic heterocycles. The van der Waals surface area contributed by atoms with Crippen molar-refractivity contribution in [1.82, 2.24) is 10.2 Å². The van der Waals surface area contributed by atoms with E-state index in [0.717, 1.165) is 4.47 Å². The highest BCUT2D eigenvalue weighted by Crippen LogP contribution is 2.37. The zero-order valence-electron chi connectivity index (χ0n) is 14.8. The van der Waals surface area contributed by atoms with Crippen molar-refractivity contribution in [2.75, 3.05) is 6.54 Å². The maximum absolute atomic E-state index is 13.0. The molecule has 1 heterocycles. The van der Waals surface area contributed by atoms with Gasteiger partial charge >= 0.3 is 6.18 Å². The molecule has 2 amide bonds. The summed E-state index contributed by atoms with van der Waals surface area (Å²) in [4.78, 5) is 26.9. The van der Waals surface area contributed by atoms with E-state index in [0.29, 0.717) is 37.8 Å². The Labute approximate surface area is 164 Å². The third-order valence-corrected chi connectivity index (χ3v) is 5.92. The highest BCUT2D eigenvalue weighted by Gasteiger charge is 2.43. The van der Waals surface area contributed by atoms with E-state index in [1.54, 1.807) is 24.3 Å². The summed E-state index contributed by atoms with van der Waals surface area (Å²) in [6.45, 7) is 0.475. The molecule has 8 heteroatoms. The van der Waals surface area contributed by atoms with Crippen molar-refractivity contribution in [3.8, 4) is 0 Å². The minimum Gasteiger partial charge on any atom is -0.352 e. The molecule has 148 valence electrons. The smallest absolute Gasteiger partial charge is 0.352 e. The molecule has 27 heavy (non-hydrogen) atoms. The van der Waals surface area contributed by atoms with Crippen LogP contribution in [0.5, 0.6) is 0 Å². The number of nitrogens with one attached hydrogen (secondary N) is 1. The number of amides is 2. The fourth-order valence-corrected chi connectivity index (χ4v) is 4.22. The van der Waals surface area contributed by atoms with Crippen LogP contribution in [0.1, 0.15) is 48.9 Å². The predicted octanol–water partition coefficient (Wildman–Crippen LogP) is 4.29. The quantitative estimate of drug-likeness (QED) is 0.752. The fraction of sp³-hybridized carbons (Fsp3) is 0.579. The Balaban J connectivity index is 1.63. The molecule has 0 bridgehead atoms. The molecule has 1 saturated carbocycles. The van der Waals surface area contributed by atoms with Gasteiger partial charge in [0.25, 0.3) is 5.91 Å². The van der Waals surface area contributed by atoms with Crippen molar-refractivity contribution in [3.05, 3.63) is 34.3 Å². The van der Waals surface area contributed by atoms with Crippen LogP contribution in [-0.2, 0) is 4.79 Å². The van der Waals surface area contributed by atoms with Gasteiger partial charge in [0.2, 0.25) is 5.91 Å². The zero-order chi connectivity index (χ0) is 19.6. The number of hydrogen-bond donors (Lipinski definition) is 1. The lowest BCUT2D eigenvalue weighted by molar-refractivity contribution is -0.184. The average Bonchev–Trinajstić information content (AvgIpc) is 3.11. The standard InChI is InChI=1S/C19H22BrF3N2O2/c20-14-8-6-12(7-9-14)18(27)25-10-2-5-16(25)17(26)24-15-4-1-3-13(11-15)19(21,22)23/h6-9,13,15-16H,1-5,10-11H2,(H,24,26). The monoisotopic (exact) mass is 446 g/mol. The van der Waals surface area contributed by atoms with E-state index in [1.165, 1.54) is 4.90 Å². The van der Waals surface area contributed by atoms with Crippen LogP contribution < -0.4 is 5.32 Å². The van der Waals surface area contributed by atoms with Crippen LogP contribution in [0.15, 0.2) is 28.7 Å². The molecular weight excluding hydrogens is 425 g/mol. The van der Waals surface area contributed by atoms with Gasteiger partial charge < -0.3 is 10.2 Å². The van der Waals surface area contributed by atoms with Crippen molar-refractivity contribution >= 4 is 27.7 Å². The molecule has 0 aromatic heterocycles. The molecule has 1 aromatic rings. The van der Waals surface area contributed by atoms with E-state index in [1.807, 2.05) is 0 Å². The third kappa shape index (κ3) is 4.83. The third-order valence-electron chi connectivity index (χ3n) is 5.39. The number of halogens is 4. The normalized spacial score (nSPS) is 26.1. The van der Waals surface area contributed by atoms with E-state index < -0.39 is 24.2 Å². The molecule has 4 nitrogen and oxygen atoms in total. The van der Waals surface area contributed by atoms with Gasteiger partial charge in [-0.3, -0.25) is 9.59 Å². The lowest BCUT2D eigenvalue weighted by Crippen LogP contribution is -2.50. The van der Waals surface area contributed by atoms with Gasteiger partial charge in [-0.25, -0.2) is 0 Å². The molecule has 0 spiro atoms. The summed E-state index contributed by atoms with van der Waals surface area (Å²) in [6, 6.07) is 5.80. The predicted molar refractivity (Wildman–Crippen MR) is 98.1 cm³/mol. The number of rotatable bonds is 3. The Kier molecular flexibility index (Phi) is 6.13. The van der Waals surface area contributed by atoms with E-state index in [2.05, 4.69) is 21.2 Å². The van der Waals surface area contributed by atoms with Gasteiger partial charge in [-0.2, -0.15) is 13.2 Å². The lowest BCUT2D eigenvalue weighted by Gasteiger charge is -2.32. The maximum Gasteiger partial charge on any atom is 0.391 e. The minimum atomic E-state index is -4.22. The molecule has 3 rings (SSSR count). The Hall–Kier alpha value is -1.57. The van der Waals surface area contributed by atoms with E-state index in [9.17, 15) is 22.8 Å². The first-order valence-electron chi connectivity index (χ1n) is 9.19. The molecule has 1 N–H and O–H groups in total. The van der Waals surface area contributed by atoms with Crippen molar-refractivity contribution in [2.45, 2.75) is 56.8 Å². The number of carbonyl (C=O) groups excluding carboxylic acids is 2. The SMILES string of the molecule is O=C(NC1CCCC(C(F)(F)F)C1)C1CCCN1C(=O)c1ccc(Br)cc1. The second kappa shape index (κ2) is 8.20. The molecule has 2 aliphatic rings. The van der Waals surface area contributed by atoms with Crippen LogP contribution in [0.2, 0.25) is 0 Å². The highest BCUT2D eigenvalue weighted by molar-refractivity contribution is 9.10. The number of alkyl halides is 3. The zero-order valence-corrected chi connectivity index (χ0v) is 16.4. The Morgan fingerprint density at radius 2 is 1.78 bits per heavy atom. The number of nitrogens with zero attached hydrogens (tertiary/aromatic N) is 1. The molecule has 0 radical (unpaired) electrons. The van der Waals surface area contributed by atoms with Crippen molar-refractivity contribution in [1.29, 1.82) is 0 Å². The summed E-state index contributed by atoms with van der Waals surface area (Å²) in [6.07, 6.45) is -1.96. The molecule has 1 aliphatic carbocycles. The largest absolute Gasteiger partial charge is 0.391 e.